The van der Waals surface area contributed by atoms with E-state index in [1.165, 1.54) is 6.07 Å². The molecule has 1 saturated heterocycles. The van der Waals surface area contributed by atoms with Gasteiger partial charge in [-0.25, -0.2) is 4.39 Å². The van der Waals surface area contributed by atoms with Crippen LogP contribution in [0.3, 0.4) is 0 Å². The number of halogens is 1. The number of hydrogen-bond acceptors (Lipinski definition) is 2. The predicted molar refractivity (Wildman–Crippen MR) is 55.2 cm³/mol. The molecule has 0 unspecified atom stereocenters. The van der Waals surface area contributed by atoms with E-state index >= 15 is 0 Å². The quantitative estimate of drug-likeness (QED) is 0.807. The normalized spacial score (nSPS) is 19.7. The van der Waals surface area contributed by atoms with Crippen molar-refractivity contribution >= 4 is 0 Å². The molecule has 0 saturated carbocycles. The zero-order chi connectivity index (χ0) is 11.1. The van der Waals surface area contributed by atoms with Gasteiger partial charge in [0.1, 0.15) is 5.82 Å². The van der Waals surface area contributed by atoms with Crippen molar-refractivity contribution in [1.82, 2.24) is 0 Å². The first-order valence-corrected chi connectivity index (χ1v) is 5.02. The molecule has 15 heavy (non-hydrogen) atoms. The van der Waals surface area contributed by atoms with Crippen LogP contribution in [-0.4, -0.2) is 23.9 Å². The van der Waals surface area contributed by atoms with E-state index in [1.807, 2.05) is 0 Å². The second-order valence-electron chi connectivity index (χ2n) is 4.61. The summed E-state index contributed by atoms with van der Waals surface area (Å²) in [5.41, 5.74) is -1.03. The molecule has 82 valence electrons. The van der Waals surface area contributed by atoms with E-state index in [-0.39, 0.29) is 5.82 Å². The Kier molecular flexibility index (Phi) is 2.32. The van der Waals surface area contributed by atoms with Gasteiger partial charge in [-0.05, 0) is 19.9 Å². The highest BCUT2D eigenvalue weighted by molar-refractivity contribution is 5.33. The maximum atomic E-state index is 13.7. The Morgan fingerprint density at radius 3 is 2.33 bits per heavy atom. The molecule has 0 amide bonds. The molecular formula is C12H15FO2. The Morgan fingerprint density at radius 1 is 1.33 bits per heavy atom. The van der Waals surface area contributed by atoms with Gasteiger partial charge in [0, 0.05) is 5.56 Å². The second-order valence-corrected chi connectivity index (χ2v) is 4.61. The fraction of sp³-hybridized carbons (Fsp3) is 0.500. The SMILES string of the molecule is CC(C)(O)C1(c2ccccc2F)COC1. The van der Waals surface area contributed by atoms with Crippen molar-refractivity contribution in [1.29, 1.82) is 0 Å². The lowest BCUT2D eigenvalue weighted by molar-refractivity contribution is -0.158. The molecule has 1 aromatic rings. The maximum absolute atomic E-state index is 13.7. The van der Waals surface area contributed by atoms with Gasteiger partial charge in [0.05, 0.1) is 24.2 Å². The molecule has 2 rings (SSSR count). The first-order valence-electron chi connectivity index (χ1n) is 5.02. The molecule has 3 heteroatoms. The third kappa shape index (κ3) is 1.46. The van der Waals surface area contributed by atoms with Crippen LogP contribution in [0.15, 0.2) is 24.3 Å². The van der Waals surface area contributed by atoms with E-state index in [2.05, 4.69) is 0 Å². The zero-order valence-electron chi connectivity index (χ0n) is 8.96. The highest BCUT2D eigenvalue weighted by Crippen LogP contribution is 2.42. The van der Waals surface area contributed by atoms with Gasteiger partial charge in [0.25, 0.3) is 0 Å². The van der Waals surface area contributed by atoms with E-state index in [0.29, 0.717) is 18.8 Å². The molecule has 1 aliphatic heterocycles. The minimum atomic E-state index is -0.979. The molecule has 1 N–H and O–H groups in total. The second kappa shape index (κ2) is 3.29. The average molecular weight is 210 g/mol. The van der Waals surface area contributed by atoms with Crippen molar-refractivity contribution in [3.8, 4) is 0 Å². The molecule has 1 aromatic carbocycles. The number of benzene rings is 1. The van der Waals surface area contributed by atoms with Gasteiger partial charge in [0.15, 0.2) is 0 Å². The summed E-state index contributed by atoms with van der Waals surface area (Å²) in [5, 5.41) is 10.1. The molecule has 0 radical (unpaired) electrons. The van der Waals surface area contributed by atoms with Crippen molar-refractivity contribution in [2.45, 2.75) is 24.9 Å². The van der Waals surface area contributed by atoms with Crippen molar-refractivity contribution in [2.75, 3.05) is 13.2 Å². The van der Waals surface area contributed by atoms with Crippen LogP contribution in [0.5, 0.6) is 0 Å². The van der Waals surface area contributed by atoms with Gasteiger partial charge >= 0.3 is 0 Å². The van der Waals surface area contributed by atoms with Crippen LogP contribution in [0.2, 0.25) is 0 Å². The van der Waals surface area contributed by atoms with Crippen molar-refractivity contribution in [3.63, 3.8) is 0 Å². The first kappa shape index (κ1) is 10.6. The zero-order valence-corrected chi connectivity index (χ0v) is 8.96. The average Bonchev–Trinajstić information content (AvgIpc) is 2.03. The van der Waals surface area contributed by atoms with Crippen molar-refractivity contribution in [2.24, 2.45) is 0 Å². The lowest BCUT2D eigenvalue weighted by Crippen LogP contribution is -2.61. The molecule has 0 spiro atoms. The highest BCUT2D eigenvalue weighted by atomic mass is 19.1. The molecule has 1 fully saturated rings. The molecule has 0 aliphatic carbocycles. The highest BCUT2D eigenvalue weighted by Gasteiger charge is 2.52. The molecule has 1 heterocycles. The Morgan fingerprint density at radius 2 is 1.93 bits per heavy atom. The Hall–Kier alpha value is -0.930. The van der Waals surface area contributed by atoms with E-state index in [4.69, 9.17) is 4.74 Å². The summed E-state index contributed by atoms with van der Waals surface area (Å²) >= 11 is 0. The summed E-state index contributed by atoms with van der Waals surface area (Å²) in [4.78, 5) is 0. The van der Waals surface area contributed by atoms with Gasteiger partial charge in [-0.15, -0.1) is 0 Å². The predicted octanol–water partition coefficient (Wildman–Crippen LogP) is 1.86. The number of hydrogen-bond donors (Lipinski definition) is 1. The topological polar surface area (TPSA) is 29.5 Å². The van der Waals surface area contributed by atoms with Crippen molar-refractivity contribution in [3.05, 3.63) is 35.6 Å². The van der Waals surface area contributed by atoms with Crippen LogP contribution >= 0.6 is 0 Å². The summed E-state index contributed by atoms with van der Waals surface area (Å²) in [6, 6.07) is 6.57. The molecule has 0 bridgehead atoms. The molecule has 0 atom stereocenters. The van der Waals surface area contributed by atoms with Gasteiger partial charge in [-0.2, -0.15) is 0 Å². The van der Waals surface area contributed by atoms with Gasteiger partial charge in [0.2, 0.25) is 0 Å². The first-order chi connectivity index (χ1) is 6.97. The third-order valence-electron chi connectivity index (χ3n) is 3.26. The summed E-state index contributed by atoms with van der Waals surface area (Å²) in [7, 11) is 0. The number of rotatable bonds is 2. The van der Waals surface area contributed by atoms with Gasteiger partial charge in [-0.3, -0.25) is 0 Å². The van der Waals surface area contributed by atoms with E-state index in [1.54, 1.807) is 32.0 Å². The van der Waals surface area contributed by atoms with Crippen LogP contribution in [0.25, 0.3) is 0 Å². The fourth-order valence-corrected chi connectivity index (χ4v) is 1.99. The number of aliphatic hydroxyl groups is 1. The van der Waals surface area contributed by atoms with E-state index in [0.717, 1.165) is 0 Å². The van der Waals surface area contributed by atoms with Crippen LogP contribution in [0.1, 0.15) is 19.4 Å². The summed E-state index contributed by atoms with van der Waals surface area (Å²) in [6.07, 6.45) is 0. The monoisotopic (exact) mass is 210 g/mol. The lowest BCUT2D eigenvalue weighted by atomic mass is 9.67. The van der Waals surface area contributed by atoms with Crippen molar-refractivity contribution < 1.29 is 14.2 Å². The lowest BCUT2D eigenvalue weighted by Gasteiger charge is -2.50. The summed E-state index contributed by atoms with van der Waals surface area (Å²) in [6.45, 7) is 4.14. The minimum Gasteiger partial charge on any atom is -0.389 e. The maximum Gasteiger partial charge on any atom is 0.127 e. The summed E-state index contributed by atoms with van der Waals surface area (Å²) in [5.74, 6) is -0.275. The molecule has 1 aliphatic rings. The fourth-order valence-electron chi connectivity index (χ4n) is 1.99. The van der Waals surface area contributed by atoms with Gasteiger partial charge < -0.3 is 9.84 Å². The van der Waals surface area contributed by atoms with Crippen LogP contribution in [0.4, 0.5) is 4.39 Å². The van der Waals surface area contributed by atoms with E-state index in [9.17, 15) is 9.50 Å². The number of ether oxygens (including phenoxy) is 1. The van der Waals surface area contributed by atoms with Crippen LogP contribution < -0.4 is 0 Å². The Balaban J connectivity index is 2.48. The largest absolute Gasteiger partial charge is 0.389 e. The molecular weight excluding hydrogens is 195 g/mol. The van der Waals surface area contributed by atoms with Crippen LogP contribution in [0, 0.1) is 5.82 Å². The minimum absolute atomic E-state index is 0.275. The van der Waals surface area contributed by atoms with E-state index < -0.39 is 11.0 Å². The van der Waals surface area contributed by atoms with Gasteiger partial charge in [-0.1, -0.05) is 18.2 Å². The molecule has 2 nitrogen and oxygen atoms in total. The molecule has 0 aromatic heterocycles. The third-order valence-corrected chi connectivity index (χ3v) is 3.26. The smallest absolute Gasteiger partial charge is 0.127 e. The summed E-state index contributed by atoms with van der Waals surface area (Å²) < 4.78 is 18.8. The Labute approximate surface area is 88.7 Å². The standard InChI is InChI=1S/C12H15FO2/c1-11(2,14)12(7-15-8-12)9-5-3-4-6-10(9)13/h3-6,14H,7-8H2,1-2H3. The van der Waals surface area contributed by atoms with Crippen LogP contribution in [-0.2, 0) is 10.2 Å². The Bertz CT molecular complexity index is 364.